The number of anilines is 1. The first kappa shape index (κ1) is 12.9. The molecule has 2 rings (SSSR count). The maximum absolute atomic E-state index is 5.96. The van der Waals surface area contributed by atoms with Crippen LogP contribution in [0.2, 0.25) is 5.02 Å². The van der Waals surface area contributed by atoms with Crippen LogP contribution in [0, 0.1) is 0 Å². The Morgan fingerprint density at radius 1 is 1.06 bits per heavy atom. The summed E-state index contributed by atoms with van der Waals surface area (Å²) in [4.78, 5) is 0. The maximum Gasteiger partial charge on any atom is 0.0426 e. The van der Waals surface area contributed by atoms with Crippen LogP contribution in [0.25, 0.3) is 0 Å². The lowest BCUT2D eigenvalue weighted by Crippen LogP contribution is -2.30. The predicted molar refractivity (Wildman–Crippen MR) is 78.1 cm³/mol. The van der Waals surface area contributed by atoms with E-state index in [1.807, 2.05) is 42.5 Å². The summed E-state index contributed by atoms with van der Waals surface area (Å²) in [6.45, 7) is 0.585. The summed E-state index contributed by atoms with van der Waals surface area (Å²) in [5.41, 5.74) is 8.10. The second-order valence-corrected chi connectivity index (χ2v) is 4.71. The third-order valence-corrected chi connectivity index (χ3v) is 3.04. The summed E-state index contributed by atoms with van der Waals surface area (Å²) < 4.78 is 0. The molecule has 18 heavy (non-hydrogen) atoms. The fourth-order valence-electron chi connectivity index (χ4n) is 1.91. The molecule has 3 heteroatoms. The molecule has 2 aromatic rings. The van der Waals surface area contributed by atoms with Crippen molar-refractivity contribution in [3.63, 3.8) is 0 Å². The van der Waals surface area contributed by atoms with Crippen LogP contribution in [-0.2, 0) is 6.42 Å². The molecule has 1 unspecified atom stereocenters. The van der Waals surface area contributed by atoms with E-state index in [1.54, 1.807) is 0 Å². The van der Waals surface area contributed by atoms with Gasteiger partial charge in [-0.25, -0.2) is 0 Å². The van der Waals surface area contributed by atoms with Crippen molar-refractivity contribution < 1.29 is 0 Å². The molecule has 3 N–H and O–H groups in total. The lowest BCUT2D eigenvalue weighted by molar-refractivity contribution is 0.724. The number of hydrogen-bond acceptors (Lipinski definition) is 2. The molecule has 0 spiro atoms. The normalized spacial score (nSPS) is 12.1. The molecule has 2 nitrogen and oxygen atoms in total. The molecule has 0 bridgehead atoms. The summed E-state index contributed by atoms with van der Waals surface area (Å²) in [5.74, 6) is 0. The van der Waals surface area contributed by atoms with Crippen LogP contribution >= 0.6 is 11.6 Å². The van der Waals surface area contributed by atoms with Crippen molar-refractivity contribution in [3.05, 3.63) is 65.2 Å². The third-order valence-electron chi connectivity index (χ3n) is 2.80. The monoisotopic (exact) mass is 260 g/mol. The zero-order chi connectivity index (χ0) is 12.8. The number of benzene rings is 2. The molecule has 1 atom stereocenters. The van der Waals surface area contributed by atoms with Crippen LogP contribution in [0.3, 0.4) is 0 Å². The molecule has 94 valence electrons. The summed E-state index contributed by atoms with van der Waals surface area (Å²) in [7, 11) is 0. The molecule has 0 aliphatic rings. The van der Waals surface area contributed by atoms with E-state index >= 15 is 0 Å². The number of nitrogens with one attached hydrogen (secondary N) is 1. The van der Waals surface area contributed by atoms with Gasteiger partial charge in [-0.3, -0.25) is 0 Å². The van der Waals surface area contributed by atoms with Crippen LogP contribution in [0.1, 0.15) is 5.56 Å². The standard InChI is InChI=1S/C15H17ClN2/c16-13-7-4-8-14(10-13)18-15(11-17)9-12-5-2-1-3-6-12/h1-8,10,15,18H,9,11,17H2. The molecular weight excluding hydrogens is 244 g/mol. The van der Waals surface area contributed by atoms with Gasteiger partial charge in [-0.05, 0) is 30.2 Å². The fourth-order valence-corrected chi connectivity index (χ4v) is 2.10. The zero-order valence-corrected chi connectivity index (χ0v) is 10.9. The Morgan fingerprint density at radius 3 is 2.50 bits per heavy atom. The van der Waals surface area contributed by atoms with E-state index in [2.05, 4.69) is 17.4 Å². The van der Waals surface area contributed by atoms with Gasteiger partial charge in [0, 0.05) is 23.3 Å². The molecule has 0 radical (unpaired) electrons. The van der Waals surface area contributed by atoms with Gasteiger partial charge in [0.05, 0.1) is 0 Å². The Kier molecular flexibility index (Phi) is 4.62. The van der Waals surface area contributed by atoms with Gasteiger partial charge in [0.1, 0.15) is 0 Å². The Bertz CT molecular complexity index is 485. The average molecular weight is 261 g/mol. The molecule has 0 amide bonds. The molecule has 0 aliphatic carbocycles. The molecule has 0 saturated heterocycles. The van der Waals surface area contributed by atoms with Crippen molar-refractivity contribution in [2.75, 3.05) is 11.9 Å². The van der Waals surface area contributed by atoms with Gasteiger partial charge in [0.2, 0.25) is 0 Å². The number of halogens is 1. The second kappa shape index (κ2) is 6.43. The summed E-state index contributed by atoms with van der Waals surface area (Å²) >= 11 is 5.96. The summed E-state index contributed by atoms with van der Waals surface area (Å²) in [5, 5.41) is 4.14. The van der Waals surface area contributed by atoms with Gasteiger partial charge >= 0.3 is 0 Å². The highest BCUT2D eigenvalue weighted by atomic mass is 35.5. The highest BCUT2D eigenvalue weighted by Gasteiger charge is 2.07. The van der Waals surface area contributed by atoms with Gasteiger partial charge in [-0.15, -0.1) is 0 Å². The van der Waals surface area contributed by atoms with Gasteiger partial charge in [-0.2, -0.15) is 0 Å². The second-order valence-electron chi connectivity index (χ2n) is 4.28. The van der Waals surface area contributed by atoms with Crippen LogP contribution in [0.4, 0.5) is 5.69 Å². The summed E-state index contributed by atoms with van der Waals surface area (Å²) in [6, 6.07) is 18.3. The SMILES string of the molecule is NCC(Cc1ccccc1)Nc1cccc(Cl)c1. The first-order valence-corrected chi connectivity index (χ1v) is 6.42. The van der Waals surface area contributed by atoms with Crippen molar-refractivity contribution >= 4 is 17.3 Å². The van der Waals surface area contributed by atoms with Crippen molar-refractivity contribution in [2.24, 2.45) is 5.73 Å². The van der Waals surface area contributed by atoms with Crippen molar-refractivity contribution in [3.8, 4) is 0 Å². The highest BCUT2D eigenvalue weighted by molar-refractivity contribution is 6.30. The zero-order valence-electron chi connectivity index (χ0n) is 10.1. The molecule has 0 aliphatic heterocycles. The summed E-state index contributed by atoms with van der Waals surface area (Å²) in [6.07, 6.45) is 0.907. The van der Waals surface area contributed by atoms with Gasteiger partial charge < -0.3 is 11.1 Å². The smallest absolute Gasteiger partial charge is 0.0426 e. The Labute approximate surface area is 113 Å². The number of hydrogen-bond donors (Lipinski definition) is 2. The lowest BCUT2D eigenvalue weighted by Gasteiger charge is -2.18. The van der Waals surface area contributed by atoms with Crippen LogP contribution in [-0.4, -0.2) is 12.6 Å². The van der Waals surface area contributed by atoms with E-state index in [-0.39, 0.29) is 6.04 Å². The van der Waals surface area contributed by atoms with E-state index in [1.165, 1.54) is 5.56 Å². The van der Waals surface area contributed by atoms with Gasteiger partial charge in [0.25, 0.3) is 0 Å². The van der Waals surface area contributed by atoms with Crippen LogP contribution in [0.15, 0.2) is 54.6 Å². The highest BCUT2D eigenvalue weighted by Crippen LogP contribution is 2.16. The largest absolute Gasteiger partial charge is 0.381 e. The molecule has 0 fully saturated rings. The topological polar surface area (TPSA) is 38.0 Å². The fraction of sp³-hybridized carbons (Fsp3) is 0.200. The quantitative estimate of drug-likeness (QED) is 0.866. The number of rotatable bonds is 5. The Hall–Kier alpha value is -1.51. The minimum atomic E-state index is 0.214. The van der Waals surface area contributed by atoms with Crippen molar-refractivity contribution in [1.82, 2.24) is 0 Å². The molecular formula is C15H17ClN2. The lowest BCUT2D eigenvalue weighted by atomic mass is 10.1. The molecule has 2 aromatic carbocycles. The van der Waals surface area contributed by atoms with E-state index in [9.17, 15) is 0 Å². The van der Waals surface area contributed by atoms with Crippen molar-refractivity contribution in [1.29, 1.82) is 0 Å². The Morgan fingerprint density at radius 2 is 1.83 bits per heavy atom. The average Bonchev–Trinajstić information content (AvgIpc) is 2.39. The van der Waals surface area contributed by atoms with E-state index in [0.717, 1.165) is 17.1 Å². The van der Waals surface area contributed by atoms with Gasteiger partial charge in [-0.1, -0.05) is 48.0 Å². The molecule has 0 heterocycles. The van der Waals surface area contributed by atoms with E-state index in [0.29, 0.717) is 6.54 Å². The first-order chi connectivity index (χ1) is 8.78. The number of nitrogens with two attached hydrogens (primary N) is 1. The van der Waals surface area contributed by atoms with Crippen molar-refractivity contribution in [2.45, 2.75) is 12.5 Å². The Balaban J connectivity index is 2.01. The molecule has 0 aromatic heterocycles. The van der Waals surface area contributed by atoms with E-state index < -0.39 is 0 Å². The van der Waals surface area contributed by atoms with Gasteiger partial charge in [0.15, 0.2) is 0 Å². The van der Waals surface area contributed by atoms with E-state index in [4.69, 9.17) is 17.3 Å². The molecule has 0 saturated carbocycles. The minimum absolute atomic E-state index is 0.214. The van der Waals surface area contributed by atoms with Crippen LogP contribution < -0.4 is 11.1 Å². The van der Waals surface area contributed by atoms with Crippen LogP contribution in [0.5, 0.6) is 0 Å². The maximum atomic E-state index is 5.96. The first-order valence-electron chi connectivity index (χ1n) is 6.04. The third kappa shape index (κ3) is 3.76. The predicted octanol–water partition coefficient (Wildman–Crippen LogP) is 3.32. The minimum Gasteiger partial charge on any atom is -0.381 e.